The highest BCUT2D eigenvalue weighted by Gasteiger charge is 2.42. The molecule has 2 bridgehead atoms. The lowest BCUT2D eigenvalue weighted by molar-refractivity contribution is -0.870. The van der Waals surface area contributed by atoms with Gasteiger partial charge in [-0.3, -0.25) is 4.79 Å². The molecule has 3 heteroatoms. The number of hydrogen-bond donors (Lipinski definition) is 1. The zero-order chi connectivity index (χ0) is 12.5. The summed E-state index contributed by atoms with van der Waals surface area (Å²) in [5, 5.41) is 3.13. The second kappa shape index (κ2) is 4.97. The fourth-order valence-electron chi connectivity index (χ4n) is 3.46. The number of hydrogen-bond acceptors (Lipinski definition) is 1. The Morgan fingerprint density at radius 3 is 2.53 bits per heavy atom. The van der Waals surface area contributed by atoms with E-state index in [1.165, 1.54) is 19.3 Å². The van der Waals surface area contributed by atoms with Crippen molar-refractivity contribution in [2.24, 2.45) is 17.8 Å². The molecule has 2 aliphatic carbocycles. The van der Waals surface area contributed by atoms with Gasteiger partial charge in [-0.2, -0.15) is 0 Å². The number of nitrogens with zero attached hydrogens (tertiary/aromatic N) is 1. The lowest BCUT2D eigenvalue weighted by atomic mass is 9.88. The van der Waals surface area contributed by atoms with Crippen molar-refractivity contribution in [1.82, 2.24) is 5.32 Å². The molecule has 3 nitrogen and oxygen atoms in total. The van der Waals surface area contributed by atoms with Crippen molar-refractivity contribution in [3.05, 3.63) is 0 Å². The first-order chi connectivity index (χ1) is 7.96. The SMILES string of the molecule is C[N+](C)(C)CCCNC(=O)[C@H]1C[C@@H]2CC[C@H]1C2. The third-order valence-corrected chi connectivity index (χ3v) is 4.38. The Kier molecular flexibility index (Phi) is 3.76. The molecule has 2 aliphatic rings. The summed E-state index contributed by atoms with van der Waals surface area (Å²) in [6, 6.07) is 0. The molecule has 2 fully saturated rings. The highest BCUT2D eigenvalue weighted by atomic mass is 16.1. The molecule has 0 saturated heterocycles. The number of fused-ring (bicyclic) bond motifs is 2. The third-order valence-electron chi connectivity index (χ3n) is 4.38. The van der Waals surface area contributed by atoms with E-state index < -0.39 is 0 Å². The predicted octanol–water partition coefficient (Wildman–Crippen LogP) is 1.64. The second-order valence-corrected chi connectivity index (χ2v) is 6.94. The Morgan fingerprint density at radius 2 is 2.00 bits per heavy atom. The van der Waals surface area contributed by atoms with Crippen LogP contribution in [0.25, 0.3) is 0 Å². The van der Waals surface area contributed by atoms with Gasteiger partial charge < -0.3 is 9.80 Å². The lowest BCUT2D eigenvalue weighted by Crippen LogP contribution is -2.39. The third kappa shape index (κ3) is 3.44. The molecule has 0 aliphatic heterocycles. The van der Waals surface area contributed by atoms with E-state index >= 15 is 0 Å². The Hall–Kier alpha value is -0.570. The van der Waals surface area contributed by atoms with Crippen molar-refractivity contribution in [2.45, 2.75) is 32.1 Å². The summed E-state index contributed by atoms with van der Waals surface area (Å²) in [4.78, 5) is 12.0. The number of carbonyl (C=O) groups excluding carboxylic acids is 1. The molecule has 1 N–H and O–H groups in total. The van der Waals surface area contributed by atoms with Crippen molar-refractivity contribution in [2.75, 3.05) is 34.2 Å². The van der Waals surface area contributed by atoms with E-state index in [0.717, 1.165) is 36.3 Å². The standard InChI is InChI=1S/C14H26N2O/c1-16(2,3)8-4-7-15-14(17)13-10-11-5-6-12(13)9-11/h11-13H,4-10H2,1-3H3/p+1/t11-,12+,13+/m1/s1. The number of carbonyl (C=O) groups is 1. The molecule has 0 aromatic carbocycles. The van der Waals surface area contributed by atoms with E-state index in [9.17, 15) is 4.79 Å². The molecule has 0 spiro atoms. The highest BCUT2D eigenvalue weighted by Crippen LogP contribution is 2.48. The summed E-state index contributed by atoms with van der Waals surface area (Å²) in [7, 11) is 6.58. The molecule has 17 heavy (non-hydrogen) atoms. The Balaban J connectivity index is 1.65. The minimum absolute atomic E-state index is 0.332. The van der Waals surface area contributed by atoms with E-state index in [0.29, 0.717) is 17.7 Å². The monoisotopic (exact) mass is 239 g/mol. The Labute approximate surface area is 105 Å². The first-order valence-corrected chi connectivity index (χ1v) is 7.04. The highest BCUT2D eigenvalue weighted by molar-refractivity contribution is 5.79. The van der Waals surface area contributed by atoms with Gasteiger partial charge in [0.2, 0.25) is 5.91 Å². The van der Waals surface area contributed by atoms with Crippen LogP contribution in [0.1, 0.15) is 32.1 Å². The van der Waals surface area contributed by atoms with Crippen molar-refractivity contribution in [3.8, 4) is 0 Å². The first-order valence-electron chi connectivity index (χ1n) is 7.04. The molecular weight excluding hydrogens is 212 g/mol. The van der Waals surface area contributed by atoms with Crippen LogP contribution in [0.5, 0.6) is 0 Å². The van der Waals surface area contributed by atoms with Crippen LogP contribution in [0.2, 0.25) is 0 Å². The summed E-state index contributed by atoms with van der Waals surface area (Å²) < 4.78 is 0.976. The van der Waals surface area contributed by atoms with Gasteiger partial charge >= 0.3 is 0 Å². The van der Waals surface area contributed by atoms with Gasteiger partial charge in [0.25, 0.3) is 0 Å². The van der Waals surface area contributed by atoms with Crippen LogP contribution in [0.3, 0.4) is 0 Å². The molecule has 3 atom stereocenters. The molecule has 0 heterocycles. The van der Waals surface area contributed by atoms with Gasteiger partial charge in [0.15, 0.2) is 0 Å². The van der Waals surface area contributed by atoms with Gasteiger partial charge in [-0.05, 0) is 31.1 Å². The number of nitrogens with one attached hydrogen (secondary N) is 1. The molecule has 0 aromatic heterocycles. The van der Waals surface area contributed by atoms with Crippen molar-refractivity contribution < 1.29 is 9.28 Å². The average Bonchev–Trinajstić information content (AvgIpc) is 2.84. The summed E-state index contributed by atoms with van der Waals surface area (Å²) in [6.45, 7) is 1.97. The topological polar surface area (TPSA) is 29.1 Å². The number of quaternary nitrogens is 1. The van der Waals surface area contributed by atoms with Crippen molar-refractivity contribution in [3.63, 3.8) is 0 Å². The zero-order valence-corrected chi connectivity index (χ0v) is 11.5. The summed E-state index contributed by atoms with van der Waals surface area (Å²) in [5.74, 6) is 2.25. The largest absolute Gasteiger partial charge is 0.356 e. The van der Waals surface area contributed by atoms with E-state index in [-0.39, 0.29) is 0 Å². The number of amides is 1. The second-order valence-electron chi connectivity index (χ2n) is 6.94. The van der Waals surface area contributed by atoms with E-state index in [4.69, 9.17) is 0 Å². The maximum atomic E-state index is 12.0. The van der Waals surface area contributed by atoms with Crippen LogP contribution in [0, 0.1) is 17.8 Å². The van der Waals surface area contributed by atoms with Gasteiger partial charge in [-0.1, -0.05) is 6.42 Å². The molecule has 2 rings (SSSR count). The van der Waals surface area contributed by atoms with Crippen LogP contribution in [-0.2, 0) is 4.79 Å². The van der Waals surface area contributed by atoms with Crippen LogP contribution >= 0.6 is 0 Å². The fourth-order valence-corrected chi connectivity index (χ4v) is 3.46. The molecule has 0 unspecified atom stereocenters. The van der Waals surface area contributed by atoms with Crippen LogP contribution in [0.4, 0.5) is 0 Å². The molecule has 2 saturated carbocycles. The van der Waals surface area contributed by atoms with Gasteiger partial charge in [-0.15, -0.1) is 0 Å². The predicted molar refractivity (Wildman–Crippen MR) is 69.5 cm³/mol. The van der Waals surface area contributed by atoms with Gasteiger partial charge in [0, 0.05) is 18.9 Å². The van der Waals surface area contributed by atoms with E-state index in [1.54, 1.807) is 0 Å². The normalized spacial score (nSPS) is 31.8. The van der Waals surface area contributed by atoms with Crippen molar-refractivity contribution in [1.29, 1.82) is 0 Å². The first kappa shape index (κ1) is 12.9. The summed E-state index contributed by atoms with van der Waals surface area (Å²) in [6.07, 6.45) is 6.22. The quantitative estimate of drug-likeness (QED) is 0.573. The van der Waals surface area contributed by atoms with Gasteiger partial charge in [0.1, 0.15) is 0 Å². The van der Waals surface area contributed by atoms with Gasteiger partial charge in [-0.25, -0.2) is 0 Å². The summed E-state index contributed by atoms with van der Waals surface area (Å²) >= 11 is 0. The summed E-state index contributed by atoms with van der Waals surface area (Å²) in [5.41, 5.74) is 0. The molecule has 1 amide bonds. The van der Waals surface area contributed by atoms with Gasteiger partial charge in [0.05, 0.1) is 27.7 Å². The number of rotatable bonds is 5. The van der Waals surface area contributed by atoms with Crippen LogP contribution < -0.4 is 5.32 Å². The molecule has 98 valence electrons. The lowest BCUT2D eigenvalue weighted by Gasteiger charge is -2.24. The molecule has 0 aromatic rings. The molecular formula is C14H27N2O+. The zero-order valence-electron chi connectivity index (χ0n) is 11.5. The maximum absolute atomic E-state index is 12.0. The van der Waals surface area contributed by atoms with Crippen molar-refractivity contribution >= 4 is 5.91 Å². The fraction of sp³-hybridized carbons (Fsp3) is 0.929. The van der Waals surface area contributed by atoms with Crippen LogP contribution in [0.15, 0.2) is 0 Å². The minimum Gasteiger partial charge on any atom is -0.356 e. The maximum Gasteiger partial charge on any atom is 0.223 e. The Bertz CT molecular complexity index is 282. The minimum atomic E-state index is 0.332. The van der Waals surface area contributed by atoms with E-state index in [2.05, 4.69) is 26.5 Å². The van der Waals surface area contributed by atoms with Crippen LogP contribution in [-0.4, -0.2) is 44.6 Å². The molecule has 0 radical (unpaired) electrons. The Morgan fingerprint density at radius 1 is 1.24 bits per heavy atom. The smallest absolute Gasteiger partial charge is 0.223 e. The average molecular weight is 239 g/mol. The van der Waals surface area contributed by atoms with E-state index in [1.807, 2.05) is 0 Å².